The smallest absolute Gasteiger partial charge is 0.262 e. The largest absolute Gasteiger partial charge is 0.508 e. The van der Waals surface area contributed by atoms with Gasteiger partial charge in [0, 0.05) is 24.0 Å². The van der Waals surface area contributed by atoms with E-state index in [1.54, 1.807) is 24.3 Å². The van der Waals surface area contributed by atoms with Gasteiger partial charge >= 0.3 is 0 Å². The monoisotopic (exact) mass is 272 g/mol. The van der Waals surface area contributed by atoms with Crippen molar-refractivity contribution in [2.75, 3.05) is 17.2 Å². The molecule has 0 unspecified atom stereocenters. The first-order chi connectivity index (χ1) is 9.52. The molecule has 5 nitrogen and oxygen atoms in total. The number of carbonyl (C=O) groups excluding carboxylic acids is 1. The Morgan fingerprint density at radius 3 is 2.55 bits per heavy atom. The van der Waals surface area contributed by atoms with Crippen molar-refractivity contribution in [1.82, 2.24) is 0 Å². The number of nitrogens with zero attached hydrogens (tertiary/aromatic N) is 1. The number of hydrogen-bond acceptors (Lipinski definition) is 4. The Kier molecular flexibility index (Phi) is 3.79. The Bertz CT molecular complexity index is 641. The van der Waals surface area contributed by atoms with Crippen LogP contribution in [0.25, 0.3) is 0 Å². The van der Waals surface area contributed by atoms with Crippen LogP contribution < -0.4 is 10.6 Å². The van der Waals surface area contributed by atoms with Gasteiger partial charge in [-0.25, -0.2) is 0 Å². The zero-order valence-electron chi connectivity index (χ0n) is 11.1. The van der Waals surface area contributed by atoms with Gasteiger partial charge in [0.05, 0.1) is 5.56 Å². The Labute approximate surface area is 116 Å². The van der Waals surface area contributed by atoms with E-state index in [0.717, 1.165) is 6.07 Å². The Morgan fingerprint density at radius 1 is 1.20 bits per heavy atom. The molecule has 0 saturated heterocycles. The van der Waals surface area contributed by atoms with E-state index in [1.807, 2.05) is 6.92 Å². The van der Waals surface area contributed by atoms with E-state index in [9.17, 15) is 15.0 Å². The van der Waals surface area contributed by atoms with Crippen molar-refractivity contribution in [3.63, 3.8) is 0 Å². The molecule has 0 aliphatic heterocycles. The van der Waals surface area contributed by atoms with E-state index >= 15 is 0 Å². The van der Waals surface area contributed by atoms with Crippen LogP contribution in [0.5, 0.6) is 11.5 Å². The normalized spacial score (nSPS) is 10.2. The summed E-state index contributed by atoms with van der Waals surface area (Å²) in [5.41, 5.74) is 7.07. The number of hydrogen-bond donors (Lipinski definition) is 3. The summed E-state index contributed by atoms with van der Waals surface area (Å²) >= 11 is 0. The van der Waals surface area contributed by atoms with E-state index < -0.39 is 0 Å². The average molecular weight is 272 g/mol. The number of benzene rings is 2. The Morgan fingerprint density at radius 2 is 1.95 bits per heavy atom. The molecule has 2 aromatic carbocycles. The highest BCUT2D eigenvalue weighted by Crippen LogP contribution is 2.26. The summed E-state index contributed by atoms with van der Waals surface area (Å²) in [6.07, 6.45) is 0. The number of rotatable bonds is 3. The van der Waals surface area contributed by atoms with Crippen molar-refractivity contribution >= 4 is 17.3 Å². The number of phenolic OH excluding ortho intramolecular Hbond substituents is 2. The van der Waals surface area contributed by atoms with Crippen molar-refractivity contribution < 1.29 is 15.0 Å². The van der Waals surface area contributed by atoms with Crippen molar-refractivity contribution in [2.24, 2.45) is 0 Å². The summed E-state index contributed by atoms with van der Waals surface area (Å²) in [7, 11) is 0. The molecule has 0 aliphatic carbocycles. The van der Waals surface area contributed by atoms with Gasteiger partial charge < -0.3 is 20.8 Å². The van der Waals surface area contributed by atoms with Crippen LogP contribution in [0.15, 0.2) is 42.5 Å². The zero-order chi connectivity index (χ0) is 14.7. The van der Waals surface area contributed by atoms with E-state index in [0.29, 0.717) is 17.9 Å². The third-order valence-electron chi connectivity index (χ3n) is 2.95. The molecule has 20 heavy (non-hydrogen) atoms. The molecule has 0 bridgehead atoms. The highest BCUT2D eigenvalue weighted by atomic mass is 16.3. The molecule has 104 valence electrons. The molecule has 0 saturated carbocycles. The lowest BCUT2D eigenvalue weighted by Crippen LogP contribution is -2.30. The second-order valence-corrected chi connectivity index (χ2v) is 4.35. The summed E-state index contributed by atoms with van der Waals surface area (Å²) in [6, 6.07) is 10.9. The van der Waals surface area contributed by atoms with Crippen LogP contribution in [0.3, 0.4) is 0 Å². The summed E-state index contributed by atoms with van der Waals surface area (Å²) < 4.78 is 0. The quantitative estimate of drug-likeness (QED) is 0.748. The summed E-state index contributed by atoms with van der Waals surface area (Å²) in [5.74, 6) is -0.695. The average Bonchev–Trinajstić information content (AvgIpc) is 2.39. The number of anilines is 2. The molecule has 2 aromatic rings. The third-order valence-corrected chi connectivity index (χ3v) is 2.95. The predicted octanol–water partition coefficient (Wildman–Crippen LogP) is 2.35. The van der Waals surface area contributed by atoms with Gasteiger partial charge in [0.25, 0.3) is 5.91 Å². The van der Waals surface area contributed by atoms with Crippen LogP contribution in [0.2, 0.25) is 0 Å². The van der Waals surface area contributed by atoms with Gasteiger partial charge in [-0.05, 0) is 37.3 Å². The lowest BCUT2D eigenvalue weighted by atomic mass is 10.1. The molecular weight excluding hydrogens is 256 g/mol. The second-order valence-electron chi connectivity index (χ2n) is 4.35. The lowest BCUT2D eigenvalue weighted by Gasteiger charge is -2.22. The molecule has 0 aromatic heterocycles. The van der Waals surface area contributed by atoms with Gasteiger partial charge in [-0.15, -0.1) is 0 Å². The van der Waals surface area contributed by atoms with Gasteiger partial charge in [0.2, 0.25) is 0 Å². The predicted molar refractivity (Wildman–Crippen MR) is 78.0 cm³/mol. The summed E-state index contributed by atoms with van der Waals surface area (Å²) in [4.78, 5) is 14.0. The van der Waals surface area contributed by atoms with Gasteiger partial charge in [-0.1, -0.05) is 6.07 Å². The molecule has 0 heterocycles. The Hall–Kier alpha value is -2.69. The van der Waals surface area contributed by atoms with Crippen molar-refractivity contribution in [2.45, 2.75) is 6.92 Å². The lowest BCUT2D eigenvalue weighted by molar-refractivity contribution is 0.0986. The molecule has 2 rings (SSSR count). The van der Waals surface area contributed by atoms with E-state index in [1.165, 1.54) is 17.0 Å². The van der Waals surface area contributed by atoms with Gasteiger partial charge in [-0.2, -0.15) is 0 Å². The maximum atomic E-state index is 12.5. The minimum Gasteiger partial charge on any atom is -0.508 e. The van der Waals surface area contributed by atoms with E-state index in [4.69, 9.17) is 5.73 Å². The number of aromatic hydroxyl groups is 2. The number of nitrogens with two attached hydrogens (primary N) is 1. The van der Waals surface area contributed by atoms with Crippen molar-refractivity contribution in [1.29, 1.82) is 0 Å². The first-order valence-corrected chi connectivity index (χ1v) is 6.22. The van der Waals surface area contributed by atoms with Gasteiger partial charge in [0.15, 0.2) is 0 Å². The zero-order valence-corrected chi connectivity index (χ0v) is 11.1. The second kappa shape index (κ2) is 5.52. The van der Waals surface area contributed by atoms with Crippen molar-refractivity contribution in [3.05, 3.63) is 48.0 Å². The number of nitrogen functional groups attached to an aromatic ring is 1. The summed E-state index contributed by atoms with van der Waals surface area (Å²) in [6.45, 7) is 2.27. The molecule has 4 N–H and O–H groups in total. The van der Waals surface area contributed by atoms with Crippen LogP contribution >= 0.6 is 0 Å². The number of phenols is 2. The van der Waals surface area contributed by atoms with Crippen LogP contribution in [-0.2, 0) is 0 Å². The molecule has 0 fully saturated rings. The molecule has 0 aliphatic rings. The Balaban J connectivity index is 2.39. The molecular formula is C15H16N2O3. The molecule has 1 amide bonds. The number of carbonyl (C=O) groups is 1. The first kappa shape index (κ1) is 13.7. The third kappa shape index (κ3) is 2.66. The van der Waals surface area contributed by atoms with Crippen LogP contribution in [-0.4, -0.2) is 22.7 Å². The fourth-order valence-corrected chi connectivity index (χ4v) is 1.98. The fraction of sp³-hybridized carbons (Fsp3) is 0.133. The van der Waals surface area contributed by atoms with E-state index in [-0.39, 0.29) is 23.0 Å². The minimum atomic E-state index is -0.351. The highest BCUT2D eigenvalue weighted by molar-refractivity contribution is 6.08. The van der Waals surface area contributed by atoms with Crippen molar-refractivity contribution in [3.8, 4) is 11.5 Å². The fourth-order valence-electron chi connectivity index (χ4n) is 1.98. The highest BCUT2D eigenvalue weighted by Gasteiger charge is 2.19. The molecule has 0 atom stereocenters. The first-order valence-electron chi connectivity index (χ1n) is 6.22. The minimum absolute atomic E-state index is 0.0916. The maximum Gasteiger partial charge on any atom is 0.262 e. The van der Waals surface area contributed by atoms with Crippen LogP contribution in [0, 0.1) is 0 Å². The maximum absolute atomic E-state index is 12.5. The summed E-state index contributed by atoms with van der Waals surface area (Å²) in [5, 5.41) is 19.0. The number of amides is 1. The van der Waals surface area contributed by atoms with Gasteiger partial charge in [0.1, 0.15) is 11.5 Å². The SMILES string of the molecule is CCN(C(=O)c1ccc(O)cc1O)c1cccc(N)c1. The van der Waals surface area contributed by atoms with E-state index in [2.05, 4.69) is 0 Å². The molecule has 5 heteroatoms. The van der Waals surface area contributed by atoms with Crippen LogP contribution in [0.4, 0.5) is 11.4 Å². The molecule has 0 spiro atoms. The molecule has 0 radical (unpaired) electrons. The van der Waals surface area contributed by atoms with Gasteiger partial charge in [-0.3, -0.25) is 4.79 Å². The topological polar surface area (TPSA) is 86.8 Å². The van der Waals surface area contributed by atoms with Crippen LogP contribution in [0.1, 0.15) is 17.3 Å². The standard InChI is InChI=1S/C15H16N2O3/c1-2-17(11-5-3-4-10(16)8-11)15(20)13-7-6-12(18)9-14(13)19/h3-9,18-19H,2,16H2,1H3.